The van der Waals surface area contributed by atoms with Crippen molar-refractivity contribution in [3.63, 3.8) is 0 Å². The summed E-state index contributed by atoms with van der Waals surface area (Å²) in [5, 5.41) is 10.3. The highest BCUT2D eigenvalue weighted by Crippen LogP contribution is 1.83. The number of nitrogens with one attached hydrogen (secondary N) is 1. The molecule has 1 aliphatic rings. The van der Waals surface area contributed by atoms with Crippen LogP contribution in [-0.4, -0.2) is 17.9 Å². The molecule has 1 radical (unpaired) electrons. The van der Waals surface area contributed by atoms with Crippen molar-refractivity contribution in [2.45, 2.75) is 0 Å². The van der Waals surface area contributed by atoms with Crippen molar-refractivity contribution in [3.05, 3.63) is 0 Å². The molecule has 1 N–H and O–H groups in total. The first-order valence-corrected chi connectivity index (χ1v) is 2.31. The monoisotopic (exact) mass is 114 g/mol. The summed E-state index contributed by atoms with van der Waals surface area (Å²) < 4.78 is 0. The SMILES string of the molecule is [S]C1=NN=CCN1. The van der Waals surface area contributed by atoms with Gasteiger partial charge in [0.05, 0.1) is 6.54 Å². The van der Waals surface area contributed by atoms with Gasteiger partial charge in [-0.25, -0.2) is 0 Å². The fraction of sp³-hybridized carbons (Fsp3) is 0.333. The average Bonchev–Trinajstić information content (AvgIpc) is 1.69. The summed E-state index contributed by atoms with van der Waals surface area (Å²) in [4.78, 5) is 0. The third-order valence-corrected chi connectivity index (χ3v) is 0.801. The Bertz CT molecular complexity index is 117. The summed E-state index contributed by atoms with van der Waals surface area (Å²) in [6.07, 6.45) is 1.66. The molecule has 7 heavy (non-hydrogen) atoms. The predicted molar refractivity (Wildman–Crippen MR) is 31.5 cm³/mol. The zero-order chi connectivity index (χ0) is 5.11. The minimum absolute atomic E-state index is 0.475. The molecule has 0 amide bonds. The molecule has 0 bridgehead atoms. The quantitative estimate of drug-likeness (QED) is 0.477. The molecule has 0 saturated heterocycles. The molecule has 1 heterocycles. The van der Waals surface area contributed by atoms with Crippen molar-refractivity contribution in [2.75, 3.05) is 6.54 Å². The van der Waals surface area contributed by atoms with Gasteiger partial charge in [-0.3, -0.25) is 0 Å². The van der Waals surface area contributed by atoms with Crippen LogP contribution in [0.25, 0.3) is 0 Å². The van der Waals surface area contributed by atoms with Gasteiger partial charge in [-0.05, 0) is 12.6 Å². The Morgan fingerprint density at radius 1 is 1.86 bits per heavy atom. The normalized spacial score (nSPS) is 18.0. The van der Waals surface area contributed by atoms with Gasteiger partial charge < -0.3 is 5.32 Å². The zero-order valence-corrected chi connectivity index (χ0v) is 4.40. The van der Waals surface area contributed by atoms with Gasteiger partial charge >= 0.3 is 0 Å². The molecular weight excluding hydrogens is 110 g/mol. The molecule has 0 saturated carbocycles. The zero-order valence-electron chi connectivity index (χ0n) is 3.59. The van der Waals surface area contributed by atoms with Crippen LogP contribution < -0.4 is 5.32 Å². The van der Waals surface area contributed by atoms with E-state index in [-0.39, 0.29) is 0 Å². The Hall–Kier alpha value is -0.640. The highest BCUT2D eigenvalue weighted by atomic mass is 32.1. The van der Waals surface area contributed by atoms with Crippen LogP contribution >= 0.6 is 12.6 Å². The summed E-state index contributed by atoms with van der Waals surface area (Å²) >= 11 is 4.61. The van der Waals surface area contributed by atoms with Gasteiger partial charge in [0, 0.05) is 6.21 Å². The lowest BCUT2D eigenvalue weighted by Crippen LogP contribution is -2.22. The number of nitrogens with zero attached hydrogens (tertiary/aromatic N) is 2. The van der Waals surface area contributed by atoms with E-state index in [1.807, 2.05) is 0 Å². The Kier molecular flexibility index (Phi) is 1.21. The molecule has 0 atom stereocenters. The second kappa shape index (κ2) is 1.88. The number of amidine groups is 1. The van der Waals surface area contributed by atoms with E-state index in [2.05, 4.69) is 28.1 Å². The first kappa shape index (κ1) is 4.52. The predicted octanol–water partition coefficient (Wildman–Crippen LogP) is 0.129. The molecule has 0 aromatic heterocycles. The molecular formula is C3H4N3S. The van der Waals surface area contributed by atoms with Gasteiger partial charge in [0.1, 0.15) is 0 Å². The maximum atomic E-state index is 4.61. The summed E-state index contributed by atoms with van der Waals surface area (Å²) in [6.45, 7) is 0.711. The van der Waals surface area contributed by atoms with Crippen LogP contribution in [-0.2, 0) is 0 Å². The average molecular weight is 114 g/mol. The van der Waals surface area contributed by atoms with Crippen LogP contribution in [0.4, 0.5) is 0 Å². The van der Waals surface area contributed by atoms with Crippen molar-refractivity contribution in [1.82, 2.24) is 5.32 Å². The largest absolute Gasteiger partial charge is 0.354 e. The van der Waals surface area contributed by atoms with Gasteiger partial charge in [0.25, 0.3) is 0 Å². The lowest BCUT2D eigenvalue weighted by atomic mass is 10.7. The van der Waals surface area contributed by atoms with E-state index in [9.17, 15) is 0 Å². The van der Waals surface area contributed by atoms with Crippen molar-refractivity contribution < 1.29 is 0 Å². The number of rotatable bonds is 0. The summed E-state index contributed by atoms with van der Waals surface area (Å²) in [7, 11) is 0. The van der Waals surface area contributed by atoms with Gasteiger partial charge in [-0.2, -0.15) is 5.10 Å². The molecule has 0 aromatic carbocycles. The van der Waals surface area contributed by atoms with Crippen LogP contribution in [0.1, 0.15) is 0 Å². The molecule has 1 aliphatic heterocycles. The molecule has 0 unspecified atom stereocenters. The third-order valence-electron chi connectivity index (χ3n) is 0.575. The second-order valence-electron chi connectivity index (χ2n) is 1.08. The first-order valence-electron chi connectivity index (χ1n) is 1.90. The van der Waals surface area contributed by atoms with Gasteiger partial charge in [0.2, 0.25) is 5.17 Å². The van der Waals surface area contributed by atoms with Gasteiger partial charge in [0.15, 0.2) is 0 Å². The lowest BCUT2D eigenvalue weighted by Gasteiger charge is -1.98. The van der Waals surface area contributed by atoms with E-state index in [4.69, 9.17) is 0 Å². The smallest absolute Gasteiger partial charge is 0.214 e. The van der Waals surface area contributed by atoms with E-state index in [1.165, 1.54) is 0 Å². The summed E-state index contributed by atoms with van der Waals surface area (Å²) in [5.41, 5.74) is 0. The van der Waals surface area contributed by atoms with Crippen LogP contribution in [0.3, 0.4) is 0 Å². The summed E-state index contributed by atoms with van der Waals surface area (Å²) in [6, 6.07) is 0. The van der Waals surface area contributed by atoms with Gasteiger partial charge in [-0.15, -0.1) is 5.10 Å². The molecule has 1 rings (SSSR count). The van der Waals surface area contributed by atoms with Crippen molar-refractivity contribution in [1.29, 1.82) is 0 Å². The van der Waals surface area contributed by atoms with Crippen LogP contribution in [0.15, 0.2) is 10.2 Å². The van der Waals surface area contributed by atoms with E-state index >= 15 is 0 Å². The van der Waals surface area contributed by atoms with Crippen LogP contribution in [0, 0.1) is 0 Å². The fourth-order valence-corrected chi connectivity index (χ4v) is 0.433. The minimum atomic E-state index is 0.475. The van der Waals surface area contributed by atoms with E-state index in [0.717, 1.165) is 0 Å². The number of hydrogen-bond donors (Lipinski definition) is 1. The molecule has 37 valence electrons. The third kappa shape index (κ3) is 1.12. The van der Waals surface area contributed by atoms with Crippen molar-refractivity contribution in [3.8, 4) is 0 Å². The lowest BCUT2D eigenvalue weighted by molar-refractivity contribution is 1.04. The van der Waals surface area contributed by atoms with Crippen LogP contribution in [0.2, 0.25) is 0 Å². The summed E-state index contributed by atoms with van der Waals surface area (Å²) in [5.74, 6) is 0. The fourth-order valence-electron chi connectivity index (χ4n) is 0.302. The highest BCUT2D eigenvalue weighted by Gasteiger charge is 1.91. The van der Waals surface area contributed by atoms with Crippen molar-refractivity contribution >= 4 is 24.0 Å². The van der Waals surface area contributed by atoms with Gasteiger partial charge in [-0.1, -0.05) is 0 Å². The maximum Gasteiger partial charge on any atom is 0.214 e. The molecule has 0 aliphatic carbocycles. The Balaban J connectivity index is 2.57. The second-order valence-corrected chi connectivity index (χ2v) is 1.47. The standard InChI is InChI=1S/C3H4N3S/c7-3-4-1-2-5-6-3/h2H,1H2,(H,4,6). The van der Waals surface area contributed by atoms with E-state index in [1.54, 1.807) is 6.21 Å². The minimum Gasteiger partial charge on any atom is -0.354 e. The molecule has 0 fully saturated rings. The van der Waals surface area contributed by atoms with Crippen molar-refractivity contribution in [2.24, 2.45) is 10.2 Å². The first-order chi connectivity index (χ1) is 3.39. The maximum absolute atomic E-state index is 4.61. The van der Waals surface area contributed by atoms with E-state index < -0.39 is 0 Å². The highest BCUT2D eigenvalue weighted by molar-refractivity contribution is 7.96. The molecule has 0 spiro atoms. The molecule has 3 nitrogen and oxygen atoms in total. The van der Waals surface area contributed by atoms with E-state index in [0.29, 0.717) is 11.7 Å². The molecule has 0 aromatic rings. The Morgan fingerprint density at radius 3 is 3.00 bits per heavy atom. The topological polar surface area (TPSA) is 36.8 Å². The van der Waals surface area contributed by atoms with Crippen LogP contribution in [0.5, 0.6) is 0 Å². The Morgan fingerprint density at radius 2 is 2.71 bits per heavy atom. The number of hydrogen-bond acceptors (Lipinski definition) is 3. The Labute approximate surface area is 46.9 Å². The molecule has 4 heteroatoms.